The second-order valence-corrected chi connectivity index (χ2v) is 8.74. The lowest BCUT2D eigenvalue weighted by atomic mass is 9.88. The largest absolute Gasteiger partial charge is 0.512 e. The fourth-order valence-electron chi connectivity index (χ4n) is 2.86. The molecule has 0 fully saturated rings. The topological polar surface area (TPSA) is 109 Å². The molecule has 8 nitrogen and oxygen atoms in total. The minimum Gasteiger partial charge on any atom is -0.449 e. The Kier molecular flexibility index (Phi) is 9.03. The van der Waals surface area contributed by atoms with Crippen LogP contribution in [0.2, 0.25) is 10.0 Å². The summed E-state index contributed by atoms with van der Waals surface area (Å²) in [5.74, 6) is 0. The number of benzene rings is 1. The summed E-state index contributed by atoms with van der Waals surface area (Å²) >= 11 is 12.6. The van der Waals surface area contributed by atoms with Gasteiger partial charge >= 0.3 is 18.4 Å². The Labute approximate surface area is 206 Å². The lowest BCUT2D eigenvalue weighted by Crippen LogP contribution is -2.42. The Balaban J connectivity index is 0.000000509. The molecule has 0 spiro atoms. The molecule has 2 heterocycles. The van der Waals surface area contributed by atoms with Gasteiger partial charge in [-0.25, -0.2) is 9.59 Å². The van der Waals surface area contributed by atoms with E-state index in [9.17, 15) is 22.8 Å². The maximum atomic E-state index is 13.9. The van der Waals surface area contributed by atoms with Gasteiger partial charge in [-0.2, -0.15) is 13.2 Å². The number of nitrogens with one attached hydrogen (secondary N) is 2. The molecule has 186 valence electrons. The fraction of sp³-hybridized carbons (Fsp3) is 0.350. The minimum atomic E-state index is -4.81. The molecule has 0 radical (unpaired) electrons. The number of amides is 2. The zero-order valence-electron chi connectivity index (χ0n) is 18.0. The highest BCUT2D eigenvalue weighted by molar-refractivity contribution is 7.16. The van der Waals surface area contributed by atoms with Gasteiger partial charge in [-0.1, -0.05) is 39.7 Å². The van der Waals surface area contributed by atoms with Crippen LogP contribution >= 0.6 is 34.5 Å². The third kappa shape index (κ3) is 6.45. The van der Waals surface area contributed by atoms with Crippen molar-refractivity contribution >= 4 is 52.4 Å². The quantitative estimate of drug-likeness (QED) is 0.415. The van der Waals surface area contributed by atoms with Gasteiger partial charge in [0.1, 0.15) is 5.71 Å². The van der Waals surface area contributed by atoms with Crippen LogP contribution in [0.5, 0.6) is 5.06 Å². The first-order valence-corrected chi connectivity index (χ1v) is 11.2. The molecule has 2 amide bonds. The van der Waals surface area contributed by atoms with Crippen LogP contribution in [0.3, 0.4) is 0 Å². The van der Waals surface area contributed by atoms with Crippen molar-refractivity contribution in [3.63, 3.8) is 0 Å². The molecule has 0 saturated heterocycles. The monoisotopic (exact) mass is 541 g/mol. The lowest BCUT2D eigenvalue weighted by Gasteiger charge is -2.29. The van der Waals surface area contributed by atoms with Crippen LogP contribution in [0.15, 0.2) is 29.4 Å². The summed E-state index contributed by atoms with van der Waals surface area (Å²) in [6.45, 7) is 4.12. The number of ether oxygens (including phenoxy) is 1. The van der Waals surface area contributed by atoms with Crippen molar-refractivity contribution in [3.8, 4) is 5.06 Å². The zero-order valence-corrected chi connectivity index (χ0v) is 20.4. The van der Waals surface area contributed by atoms with Crippen molar-refractivity contribution in [2.75, 3.05) is 13.6 Å². The second-order valence-electron chi connectivity index (χ2n) is 6.85. The van der Waals surface area contributed by atoms with Gasteiger partial charge < -0.3 is 25.3 Å². The number of carbonyl (C=O) groups is 2. The van der Waals surface area contributed by atoms with E-state index in [2.05, 4.69) is 20.5 Å². The number of carboxylic acid groups (broad SMARTS) is 1. The van der Waals surface area contributed by atoms with Gasteiger partial charge in [-0.15, -0.1) is 0 Å². The maximum absolute atomic E-state index is 13.9. The Morgan fingerprint density at radius 2 is 1.88 bits per heavy atom. The molecule has 1 aliphatic rings. The van der Waals surface area contributed by atoms with E-state index in [4.69, 9.17) is 33.1 Å². The molecule has 2 aromatic rings. The van der Waals surface area contributed by atoms with Crippen LogP contribution in [0, 0.1) is 6.92 Å². The summed E-state index contributed by atoms with van der Waals surface area (Å²) in [5, 5.41) is 17.4. The molecule has 3 rings (SSSR count). The van der Waals surface area contributed by atoms with E-state index < -0.39 is 24.4 Å². The summed E-state index contributed by atoms with van der Waals surface area (Å²) in [4.78, 5) is 26.1. The fourth-order valence-corrected chi connectivity index (χ4v) is 4.38. The number of nitrogens with zero attached hydrogens (tertiary/aromatic N) is 1. The van der Waals surface area contributed by atoms with Gasteiger partial charge in [0, 0.05) is 34.8 Å². The van der Waals surface area contributed by atoms with Gasteiger partial charge in [0.05, 0.1) is 11.3 Å². The molecule has 34 heavy (non-hydrogen) atoms. The summed E-state index contributed by atoms with van der Waals surface area (Å²) in [5.41, 5.74) is -2.56. The van der Waals surface area contributed by atoms with Gasteiger partial charge in [0.2, 0.25) is 0 Å². The third-order valence-electron chi connectivity index (χ3n) is 4.42. The Morgan fingerprint density at radius 3 is 2.35 bits per heavy atom. The standard InChI is InChI=1S/C16H10Cl2F3NO4S.C4H10N2O/c1-7-2-12(27-13(7)25-14(23)24)11-6-15(26-22-11,16(19,20)21)8-3-9(17)5-10(18)4-8;1-3-6-4(7)5-2/h2-5H,6H2,1H3,(H,23,24);3H2,1-2H3,(H2,5,6,7). The summed E-state index contributed by atoms with van der Waals surface area (Å²) < 4.78 is 46.4. The van der Waals surface area contributed by atoms with Crippen LogP contribution in [0.25, 0.3) is 0 Å². The number of hydrogen-bond acceptors (Lipinski definition) is 6. The van der Waals surface area contributed by atoms with Crippen molar-refractivity contribution in [3.05, 3.63) is 50.3 Å². The van der Waals surface area contributed by atoms with Crippen LogP contribution in [0.4, 0.5) is 22.8 Å². The third-order valence-corrected chi connectivity index (χ3v) is 6.02. The van der Waals surface area contributed by atoms with E-state index in [0.717, 1.165) is 23.5 Å². The predicted molar refractivity (Wildman–Crippen MR) is 122 cm³/mol. The van der Waals surface area contributed by atoms with Gasteiger partial charge in [0.15, 0.2) is 5.06 Å². The lowest BCUT2D eigenvalue weighted by molar-refractivity contribution is -0.275. The maximum Gasteiger partial charge on any atom is 0.512 e. The van der Waals surface area contributed by atoms with E-state index in [1.165, 1.54) is 12.1 Å². The van der Waals surface area contributed by atoms with Crippen molar-refractivity contribution in [1.29, 1.82) is 0 Å². The number of urea groups is 1. The Hall–Kier alpha value is -2.70. The smallest absolute Gasteiger partial charge is 0.449 e. The minimum absolute atomic E-state index is 0.0109. The average Bonchev–Trinajstić information content (AvgIpc) is 3.32. The molecule has 0 aliphatic carbocycles. The number of aryl methyl sites for hydroxylation is 1. The Bertz CT molecular complexity index is 1070. The molecule has 1 atom stereocenters. The number of oxime groups is 1. The molecular formula is C20H20Cl2F3N3O5S. The van der Waals surface area contributed by atoms with Crippen LogP contribution in [-0.4, -0.2) is 42.8 Å². The number of halogens is 5. The van der Waals surface area contributed by atoms with Gasteiger partial charge in [-0.05, 0) is 38.1 Å². The molecular weight excluding hydrogens is 522 g/mol. The van der Waals surface area contributed by atoms with Crippen molar-refractivity contribution in [2.45, 2.75) is 32.0 Å². The summed E-state index contributed by atoms with van der Waals surface area (Å²) in [7, 11) is 1.59. The molecule has 0 bridgehead atoms. The molecule has 1 unspecified atom stereocenters. The SMILES string of the molecule is CCNC(=O)NC.Cc1cc(C2=NOC(c3cc(Cl)cc(Cl)c3)(C(F)(F)F)C2)sc1OC(=O)O. The number of alkyl halides is 3. The second kappa shape index (κ2) is 11.2. The van der Waals surface area contributed by atoms with E-state index in [1.54, 1.807) is 14.0 Å². The molecule has 0 saturated carbocycles. The predicted octanol–water partition coefficient (Wildman–Crippen LogP) is 5.94. The number of carbonyl (C=O) groups excluding carboxylic acids is 1. The highest BCUT2D eigenvalue weighted by atomic mass is 35.5. The number of hydrogen-bond donors (Lipinski definition) is 3. The normalized spacial score (nSPS) is 17.1. The molecule has 1 aliphatic heterocycles. The van der Waals surface area contributed by atoms with Crippen LogP contribution in [-0.2, 0) is 10.4 Å². The Morgan fingerprint density at radius 1 is 1.26 bits per heavy atom. The van der Waals surface area contributed by atoms with Crippen molar-refractivity contribution in [2.24, 2.45) is 5.16 Å². The van der Waals surface area contributed by atoms with Crippen molar-refractivity contribution < 1.29 is 37.4 Å². The van der Waals surface area contributed by atoms with Gasteiger partial charge in [0.25, 0.3) is 5.60 Å². The first kappa shape index (κ1) is 27.5. The average molecular weight is 542 g/mol. The molecule has 3 N–H and O–H groups in total. The first-order valence-electron chi connectivity index (χ1n) is 9.58. The zero-order chi connectivity index (χ0) is 25.7. The van der Waals surface area contributed by atoms with E-state index >= 15 is 0 Å². The molecule has 1 aromatic heterocycles. The van der Waals surface area contributed by atoms with E-state index in [1.807, 2.05) is 6.92 Å². The number of thiophene rings is 1. The van der Waals surface area contributed by atoms with Crippen LogP contribution < -0.4 is 15.4 Å². The van der Waals surface area contributed by atoms with Gasteiger partial charge in [-0.3, -0.25) is 0 Å². The molecule has 1 aromatic carbocycles. The first-order chi connectivity index (χ1) is 15.8. The summed E-state index contributed by atoms with van der Waals surface area (Å²) in [6.07, 6.45) is -6.95. The molecule has 14 heteroatoms. The van der Waals surface area contributed by atoms with E-state index in [0.29, 0.717) is 17.0 Å². The number of rotatable bonds is 4. The summed E-state index contributed by atoms with van der Waals surface area (Å²) in [6, 6.07) is 4.92. The highest BCUT2D eigenvalue weighted by Crippen LogP contribution is 2.50. The highest BCUT2D eigenvalue weighted by Gasteiger charge is 2.62. The van der Waals surface area contributed by atoms with Crippen molar-refractivity contribution in [1.82, 2.24) is 10.6 Å². The van der Waals surface area contributed by atoms with Crippen LogP contribution in [0.1, 0.15) is 29.3 Å². The van der Waals surface area contributed by atoms with E-state index in [-0.39, 0.29) is 32.4 Å².